The van der Waals surface area contributed by atoms with E-state index in [-0.39, 0.29) is 0 Å². The van der Waals surface area contributed by atoms with E-state index in [0.29, 0.717) is 26.9 Å². The van der Waals surface area contributed by atoms with Crippen molar-refractivity contribution in [3.05, 3.63) is 46.1 Å². The highest BCUT2D eigenvalue weighted by Crippen LogP contribution is 2.30. The predicted molar refractivity (Wildman–Crippen MR) is 76.4 cm³/mol. The first-order valence-corrected chi connectivity index (χ1v) is 6.86. The Bertz CT molecular complexity index is 803. The van der Waals surface area contributed by atoms with Crippen LogP contribution in [0.4, 0.5) is 0 Å². The molecule has 3 aromatic rings. The van der Waals surface area contributed by atoms with Crippen molar-refractivity contribution in [2.75, 3.05) is 0 Å². The van der Waals surface area contributed by atoms with Gasteiger partial charge in [0, 0.05) is 11.6 Å². The molecule has 0 saturated heterocycles. The van der Waals surface area contributed by atoms with E-state index in [1.807, 2.05) is 6.07 Å². The number of aromatic nitrogens is 3. The molecule has 0 fully saturated rings. The van der Waals surface area contributed by atoms with Crippen LogP contribution in [0.15, 0.2) is 30.5 Å². The molecule has 3 rings (SSSR count). The van der Waals surface area contributed by atoms with E-state index < -0.39 is 5.97 Å². The molecular weight excluding hydrogens is 298 g/mol. The zero-order valence-corrected chi connectivity index (χ0v) is 11.9. The molecule has 0 radical (unpaired) electrons. The van der Waals surface area contributed by atoms with E-state index in [1.165, 1.54) is 0 Å². The van der Waals surface area contributed by atoms with E-state index in [1.54, 1.807) is 31.3 Å². The van der Waals surface area contributed by atoms with E-state index in [9.17, 15) is 4.79 Å². The summed E-state index contributed by atoms with van der Waals surface area (Å²) in [4.78, 5) is 16.7. The summed E-state index contributed by atoms with van der Waals surface area (Å²) in [6, 6.07) is 6.89. The lowest BCUT2D eigenvalue weighted by atomic mass is 10.2. The lowest BCUT2D eigenvalue weighted by Crippen LogP contribution is -2.08. The fourth-order valence-corrected chi connectivity index (χ4v) is 2.51. The van der Waals surface area contributed by atoms with Crippen molar-refractivity contribution < 1.29 is 9.53 Å². The van der Waals surface area contributed by atoms with Crippen LogP contribution < -0.4 is 4.74 Å². The SMILES string of the molecule is Cc1nnsc1C(=O)Oc1ccc(Cl)c2cccnc12. The van der Waals surface area contributed by atoms with Gasteiger partial charge in [0.25, 0.3) is 0 Å². The fourth-order valence-electron chi connectivity index (χ4n) is 1.76. The maximum absolute atomic E-state index is 12.1. The average Bonchev–Trinajstić information content (AvgIpc) is 2.88. The number of halogens is 1. The topological polar surface area (TPSA) is 65.0 Å². The number of fused-ring (bicyclic) bond motifs is 1. The van der Waals surface area contributed by atoms with E-state index in [0.717, 1.165) is 16.9 Å². The third-order valence-electron chi connectivity index (χ3n) is 2.72. The van der Waals surface area contributed by atoms with Crippen LogP contribution in [0, 0.1) is 6.92 Å². The largest absolute Gasteiger partial charge is 0.420 e. The van der Waals surface area contributed by atoms with Crippen LogP contribution in [0.2, 0.25) is 5.02 Å². The van der Waals surface area contributed by atoms with Crippen molar-refractivity contribution in [1.29, 1.82) is 0 Å². The highest BCUT2D eigenvalue weighted by Gasteiger charge is 2.17. The summed E-state index contributed by atoms with van der Waals surface area (Å²) in [7, 11) is 0. The molecule has 0 spiro atoms. The van der Waals surface area contributed by atoms with Gasteiger partial charge in [-0.15, -0.1) is 5.10 Å². The molecule has 0 aliphatic carbocycles. The number of pyridine rings is 1. The standard InChI is InChI=1S/C13H8ClN3O2S/c1-7-12(20-17-16-7)13(18)19-10-5-4-9(14)8-3-2-6-15-11(8)10/h2-6H,1H3. The lowest BCUT2D eigenvalue weighted by Gasteiger charge is -2.07. The predicted octanol–water partition coefficient (Wildman–Crippen LogP) is 3.27. The number of nitrogens with zero attached hydrogens (tertiary/aromatic N) is 3. The number of carbonyl (C=O) groups is 1. The highest BCUT2D eigenvalue weighted by molar-refractivity contribution is 7.07. The summed E-state index contributed by atoms with van der Waals surface area (Å²) < 4.78 is 9.09. The van der Waals surface area contributed by atoms with E-state index >= 15 is 0 Å². The molecule has 1 aromatic carbocycles. The number of benzene rings is 1. The summed E-state index contributed by atoms with van der Waals surface area (Å²) in [6.45, 7) is 1.71. The van der Waals surface area contributed by atoms with Crippen molar-refractivity contribution in [1.82, 2.24) is 14.6 Å². The summed E-state index contributed by atoms with van der Waals surface area (Å²) in [6.07, 6.45) is 1.62. The second-order valence-electron chi connectivity index (χ2n) is 4.02. The van der Waals surface area contributed by atoms with Gasteiger partial charge >= 0.3 is 5.97 Å². The summed E-state index contributed by atoms with van der Waals surface area (Å²) in [5.74, 6) is -0.130. The number of hydrogen-bond acceptors (Lipinski definition) is 6. The van der Waals surface area contributed by atoms with Gasteiger partial charge in [0.15, 0.2) is 10.6 Å². The van der Waals surface area contributed by atoms with E-state index in [2.05, 4.69) is 14.6 Å². The number of aryl methyl sites for hydroxylation is 1. The van der Waals surface area contributed by atoms with Gasteiger partial charge in [-0.3, -0.25) is 4.98 Å². The molecule has 0 unspecified atom stereocenters. The van der Waals surface area contributed by atoms with Crippen LogP contribution in [0.25, 0.3) is 10.9 Å². The Morgan fingerprint density at radius 2 is 2.20 bits per heavy atom. The Hall–Kier alpha value is -2.05. The van der Waals surface area contributed by atoms with Crippen molar-refractivity contribution in [2.45, 2.75) is 6.92 Å². The van der Waals surface area contributed by atoms with Crippen LogP contribution in [-0.4, -0.2) is 20.5 Å². The number of rotatable bonds is 2. The smallest absolute Gasteiger partial charge is 0.357 e. The van der Waals surface area contributed by atoms with Gasteiger partial charge < -0.3 is 4.74 Å². The Morgan fingerprint density at radius 3 is 2.95 bits per heavy atom. The molecule has 5 nitrogen and oxygen atoms in total. The summed E-state index contributed by atoms with van der Waals surface area (Å²) >= 11 is 7.10. The Balaban J connectivity index is 2.02. The molecule has 0 aliphatic heterocycles. The molecule has 0 amide bonds. The second kappa shape index (κ2) is 5.15. The minimum Gasteiger partial charge on any atom is -0.420 e. The van der Waals surface area contributed by atoms with Crippen LogP contribution >= 0.6 is 23.1 Å². The van der Waals surface area contributed by atoms with E-state index in [4.69, 9.17) is 16.3 Å². The van der Waals surface area contributed by atoms with Crippen LogP contribution in [-0.2, 0) is 0 Å². The first-order valence-electron chi connectivity index (χ1n) is 5.71. The first kappa shape index (κ1) is 13.0. The summed E-state index contributed by atoms with van der Waals surface area (Å²) in [5.41, 5.74) is 1.09. The molecule has 0 atom stereocenters. The Kier molecular flexibility index (Phi) is 3.33. The van der Waals surface area contributed by atoms with Crippen LogP contribution in [0.1, 0.15) is 15.4 Å². The quantitative estimate of drug-likeness (QED) is 0.537. The molecular formula is C13H8ClN3O2S. The maximum Gasteiger partial charge on any atom is 0.357 e. The Morgan fingerprint density at radius 1 is 1.35 bits per heavy atom. The lowest BCUT2D eigenvalue weighted by molar-refractivity contribution is 0.0741. The number of carbonyl (C=O) groups excluding carboxylic acids is 1. The highest BCUT2D eigenvalue weighted by atomic mass is 35.5. The van der Waals surface area contributed by atoms with Crippen LogP contribution in [0.5, 0.6) is 5.75 Å². The molecule has 2 aromatic heterocycles. The first-order chi connectivity index (χ1) is 9.66. The molecule has 0 saturated carbocycles. The maximum atomic E-state index is 12.1. The molecule has 0 N–H and O–H groups in total. The van der Waals surface area contributed by atoms with Gasteiger partial charge in [0.2, 0.25) is 0 Å². The zero-order valence-electron chi connectivity index (χ0n) is 10.3. The molecule has 2 heterocycles. The Labute approximate surface area is 123 Å². The molecule has 0 bridgehead atoms. The number of esters is 1. The number of ether oxygens (including phenoxy) is 1. The third-order valence-corrected chi connectivity index (χ3v) is 3.86. The zero-order chi connectivity index (χ0) is 14.1. The van der Waals surface area contributed by atoms with Crippen LogP contribution in [0.3, 0.4) is 0 Å². The van der Waals surface area contributed by atoms with Crippen molar-refractivity contribution >= 4 is 40.0 Å². The molecule has 100 valence electrons. The molecule has 20 heavy (non-hydrogen) atoms. The van der Waals surface area contributed by atoms with Gasteiger partial charge in [-0.2, -0.15) is 0 Å². The van der Waals surface area contributed by atoms with Crippen molar-refractivity contribution in [3.63, 3.8) is 0 Å². The fraction of sp³-hybridized carbons (Fsp3) is 0.0769. The normalized spacial score (nSPS) is 10.7. The van der Waals surface area contributed by atoms with Gasteiger partial charge in [-0.05, 0) is 42.7 Å². The minimum atomic E-state index is -0.494. The average molecular weight is 306 g/mol. The summed E-state index contributed by atoms with van der Waals surface area (Å²) in [5, 5.41) is 5.08. The van der Waals surface area contributed by atoms with Gasteiger partial charge in [-0.1, -0.05) is 16.1 Å². The van der Waals surface area contributed by atoms with Crippen molar-refractivity contribution in [3.8, 4) is 5.75 Å². The van der Waals surface area contributed by atoms with Gasteiger partial charge in [0.05, 0.1) is 10.7 Å². The van der Waals surface area contributed by atoms with Crippen molar-refractivity contribution in [2.24, 2.45) is 0 Å². The molecule has 7 heteroatoms. The molecule has 0 aliphatic rings. The minimum absolute atomic E-state index is 0.364. The van der Waals surface area contributed by atoms with Gasteiger partial charge in [-0.25, -0.2) is 4.79 Å². The third kappa shape index (κ3) is 2.23. The van der Waals surface area contributed by atoms with Gasteiger partial charge in [0.1, 0.15) is 5.52 Å². The second-order valence-corrected chi connectivity index (χ2v) is 5.18. The monoisotopic (exact) mass is 305 g/mol. The number of hydrogen-bond donors (Lipinski definition) is 0.